The number of benzene rings is 3. The number of piperazine rings is 1. The molecule has 1 atom stereocenters. The summed E-state index contributed by atoms with van der Waals surface area (Å²) in [6.45, 7) is -13.0. The van der Waals surface area contributed by atoms with Crippen molar-refractivity contribution in [3.63, 3.8) is 0 Å². The molecule has 0 radical (unpaired) electrons. The molecule has 54 heavy (non-hydrogen) atoms. The maximum atomic E-state index is 15.8. The van der Waals surface area contributed by atoms with Crippen LogP contribution in [0.2, 0.25) is 0 Å². The lowest BCUT2D eigenvalue weighted by Gasteiger charge is -2.39. The topological polar surface area (TPSA) is 136 Å². The largest absolute Gasteiger partial charge is 0.457 e. The zero-order valence-electron chi connectivity index (χ0n) is 37.1. The van der Waals surface area contributed by atoms with Crippen LogP contribution in [0.1, 0.15) is 61.6 Å². The first kappa shape index (κ1) is 26.0. The summed E-state index contributed by atoms with van der Waals surface area (Å²) in [6, 6.07) is 17.9. The number of ether oxygens (including phenoxy) is 1. The fourth-order valence-corrected chi connectivity index (χ4v) is 7.57. The van der Waals surface area contributed by atoms with Gasteiger partial charge in [-0.15, -0.1) is 0 Å². The highest BCUT2D eigenvalue weighted by molar-refractivity contribution is 6.00. The quantitative estimate of drug-likeness (QED) is 0.168. The molecule has 3 aromatic carbocycles. The molecule has 0 spiro atoms. The van der Waals surface area contributed by atoms with Crippen LogP contribution in [0.5, 0.6) is 11.5 Å². The van der Waals surface area contributed by atoms with Gasteiger partial charge in [-0.3, -0.25) is 19.8 Å². The number of fused-ring (bicyclic) bond motifs is 2. The molecule has 6 aromatic rings. The monoisotopic (exact) mass is 735 g/mol. The molecule has 3 aromatic heterocycles. The summed E-state index contributed by atoms with van der Waals surface area (Å²) in [5.74, 6) is -0.669. The van der Waals surface area contributed by atoms with E-state index >= 15 is 4.39 Å². The number of nitrogens with two attached hydrogens (primary N) is 1. The molecule has 13 heteroatoms. The van der Waals surface area contributed by atoms with Gasteiger partial charge < -0.3 is 19.9 Å². The van der Waals surface area contributed by atoms with E-state index in [0.29, 0.717) is 63.7 Å². The Hall–Kier alpha value is -5.82. The van der Waals surface area contributed by atoms with Gasteiger partial charge in [0.2, 0.25) is 11.8 Å². The number of aromatic nitrogens is 5. The molecule has 1 saturated carbocycles. The lowest BCUT2D eigenvalue weighted by atomic mass is 9.85. The highest BCUT2D eigenvalue weighted by Crippen LogP contribution is 2.38. The fourth-order valence-electron chi connectivity index (χ4n) is 7.57. The number of piperidine rings is 1. The average Bonchev–Trinajstić information content (AvgIpc) is 3.84. The van der Waals surface area contributed by atoms with Gasteiger partial charge in [-0.1, -0.05) is 18.2 Å². The van der Waals surface area contributed by atoms with E-state index in [2.05, 4.69) is 15.3 Å². The standard InChI is InChI=1S/C41H42FN9O3/c42-34-21-30(20-28-23-50(24-33(28)34)35-14-15-36(52)46-41(35)53)49-18-16-48(17-19-49)22-26-6-10-29(11-7-26)51-40-37(39(43)44-25-45-40)38(47-51)27-8-12-32(13-9-27)54-31-4-2-1-3-5-31/h1-5,8-9,12-13,20-21,23-26,29,35H,6-7,10-11,14-19,22H2,(H2,43,44,45)(H,46,52,53)/i16D2,17D2,18D2,19D2. The summed E-state index contributed by atoms with van der Waals surface area (Å²) in [5.41, 5.74) is 7.86. The summed E-state index contributed by atoms with van der Waals surface area (Å²) in [5, 5.41) is 7.98. The summed E-state index contributed by atoms with van der Waals surface area (Å²) in [6.07, 6.45) is 6.36. The van der Waals surface area contributed by atoms with Gasteiger partial charge in [-0.25, -0.2) is 19.0 Å². The molecule has 2 aliphatic heterocycles. The highest BCUT2D eigenvalue weighted by Gasteiger charge is 2.30. The second kappa shape index (κ2) is 14.2. The van der Waals surface area contributed by atoms with Crippen molar-refractivity contribution in [1.82, 2.24) is 34.5 Å². The van der Waals surface area contributed by atoms with Crippen molar-refractivity contribution in [2.75, 3.05) is 43.2 Å². The maximum absolute atomic E-state index is 15.8. The second-order valence-electron chi connectivity index (χ2n) is 13.9. The van der Waals surface area contributed by atoms with Crippen LogP contribution in [-0.4, -0.2) is 73.6 Å². The zero-order valence-corrected chi connectivity index (χ0v) is 29.1. The van der Waals surface area contributed by atoms with Gasteiger partial charge >= 0.3 is 0 Å². The number of hydrogen-bond donors (Lipinski definition) is 2. The van der Waals surface area contributed by atoms with Gasteiger partial charge in [0.25, 0.3) is 0 Å². The van der Waals surface area contributed by atoms with Crippen molar-refractivity contribution in [3.05, 3.63) is 91.3 Å². The van der Waals surface area contributed by atoms with Crippen molar-refractivity contribution >= 4 is 45.1 Å². The first-order valence-corrected chi connectivity index (χ1v) is 17.9. The first-order valence-electron chi connectivity index (χ1n) is 21.9. The number of hydrogen-bond acceptors (Lipinski definition) is 9. The Morgan fingerprint density at radius 2 is 1.67 bits per heavy atom. The molecule has 0 bridgehead atoms. The van der Waals surface area contributed by atoms with E-state index in [1.807, 2.05) is 59.3 Å². The van der Waals surface area contributed by atoms with Crippen molar-refractivity contribution in [2.45, 2.75) is 50.6 Å². The van der Waals surface area contributed by atoms with Gasteiger partial charge in [0.1, 0.15) is 41.2 Å². The van der Waals surface area contributed by atoms with Crippen LogP contribution in [-0.2, 0) is 9.59 Å². The number of rotatable bonds is 8. The molecule has 2 saturated heterocycles. The Balaban J connectivity index is 0.944. The number of nitrogens with one attached hydrogen (secondary N) is 1. The normalized spacial score (nSPS) is 27.1. The number of carbonyl (C=O) groups excluding carboxylic acids is 2. The Morgan fingerprint density at radius 3 is 2.43 bits per heavy atom. The Kier molecular flexibility index (Phi) is 6.85. The van der Waals surface area contributed by atoms with E-state index in [-0.39, 0.29) is 47.9 Å². The number of halogens is 1. The van der Waals surface area contributed by atoms with Gasteiger partial charge in [0, 0.05) is 78.9 Å². The molecule has 3 aliphatic rings. The summed E-state index contributed by atoms with van der Waals surface area (Å²) in [7, 11) is 0. The van der Waals surface area contributed by atoms with Gasteiger partial charge in [0.15, 0.2) is 5.65 Å². The molecule has 1 aliphatic carbocycles. The molecular weight excluding hydrogens is 686 g/mol. The van der Waals surface area contributed by atoms with Crippen LogP contribution < -0.4 is 20.7 Å². The van der Waals surface area contributed by atoms with Gasteiger partial charge in [0.05, 0.1) is 16.9 Å². The van der Waals surface area contributed by atoms with Crippen molar-refractivity contribution in [1.29, 1.82) is 0 Å². The number of amides is 2. The van der Waals surface area contributed by atoms with Crippen molar-refractivity contribution in [2.24, 2.45) is 5.92 Å². The number of imide groups is 1. The molecule has 9 rings (SSSR count). The third-order valence-corrected chi connectivity index (χ3v) is 10.4. The average molecular weight is 736 g/mol. The summed E-state index contributed by atoms with van der Waals surface area (Å²) < 4.78 is 97.7. The molecule has 12 nitrogen and oxygen atoms in total. The second-order valence-corrected chi connectivity index (χ2v) is 13.9. The van der Waals surface area contributed by atoms with Crippen LogP contribution in [0.4, 0.5) is 15.9 Å². The lowest BCUT2D eigenvalue weighted by molar-refractivity contribution is -0.135. The van der Waals surface area contributed by atoms with E-state index in [1.54, 1.807) is 0 Å². The third kappa shape index (κ3) is 6.64. The van der Waals surface area contributed by atoms with Gasteiger partial charge in [-0.05, 0) is 86.6 Å². The highest BCUT2D eigenvalue weighted by atomic mass is 19.1. The Morgan fingerprint density at radius 1 is 0.907 bits per heavy atom. The van der Waals surface area contributed by atoms with E-state index in [4.69, 9.17) is 26.5 Å². The molecule has 1 unspecified atom stereocenters. The Bertz CT molecular complexity index is 2680. The van der Waals surface area contributed by atoms with E-state index in [0.717, 1.165) is 11.6 Å². The Labute approximate surface area is 323 Å². The van der Waals surface area contributed by atoms with Crippen LogP contribution in [0.3, 0.4) is 0 Å². The van der Waals surface area contributed by atoms with E-state index in [1.165, 1.54) is 29.4 Å². The van der Waals surface area contributed by atoms with Gasteiger partial charge in [-0.2, -0.15) is 5.10 Å². The van der Waals surface area contributed by atoms with E-state index in [9.17, 15) is 9.59 Å². The molecule has 2 amide bonds. The molecule has 5 heterocycles. The minimum absolute atomic E-state index is 0.0263. The van der Waals surface area contributed by atoms with Crippen LogP contribution >= 0.6 is 0 Å². The van der Waals surface area contributed by atoms with Crippen LogP contribution in [0.25, 0.3) is 33.1 Å². The number of nitrogens with zero attached hydrogens (tertiary/aromatic N) is 7. The predicted octanol–water partition coefficient (Wildman–Crippen LogP) is 6.49. The maximum Gasteiger partial charge on any atom is 0.249 e. The minimum Gasteiger partial charge on any atom is -0.457 e. The van der Waals surface area contributed by atoms with Crippen LogP contribution in [0.15, 0.2) is 85.5 Å². The smallest absolute Gasteiger partial charge is 0.249 e. The van der Waals surface area contributed by atoms with Crippen molar-refractivity contribution < 1.29 is 29.7 Å². The number of para-hydroxylation sites is 1. The molecular formula is C41H42FN9O3. The summed E-state index contributed by atoms with van der Waals surface area (Å²) >= 11 is 0. The fraction of sp³-hybridized carbons (Fsp3) is 0.341. The lowest BCUT2D eigenvalue weighted by Crippen LogP contribution is -2.48. The zero-order chi connectivity index (χ0) is 43.9. The number of anilines is 2. The number of nitrogen functional groups attached to an aromatic ring is 1. The minimum atomic E-state index is -3.22. The van der Waals surface area contributed by atoms with E-state index < -0.39 is 55.3 Å². The molecule has 3 N–H and O–H groups in total. The first-order chi connectivity index (χ1) is 29.4. The predicted molar refractivity (Wildman–Crippen MR) is 205 cm³/mol. The molecule has 3 fully saturated rings. The van der Waals surface area contributed by atoms with Crippen LogP contribution in [0, 0.1) is 11.7 Å². The SMILES string of the molecule is [2H]C1([2H])N(CC2CCC(n3nc(-c4ccc(Oc5ccccc5)cc4)c4c(N)ncnc43)CC2)C([2H])([2H])C([2H])([2H])N(c2cc(F)c3cn(C4CCC(=O)NC4=O)cc3c2)C1([2H])[2H]. The third-order valence-electron chi connectivity index (χ3n) is 10.4. The molecule has 276 valence electrons. The number of carbonyl (C=O) groups is 2. The van der Waals surface area contributed by atoms with Crippen molar-refractivity contribution in [3.8, 4) is 22.8 Å². The summed E-state index contributed by atoms with van der Waals surface area (Å²) in [4.78, 5) is 34.0.